The zero-order valence-corrected chi connectivity index (χ0v) is 11.1. The average Bonchev–Trinajstić information content (AvgIpc) is 2.15. The van der Waals surface area contributed by atoms with Crippen molar-refractivity contribution in [1.82, 2.24) is 5.32 Å². The van der Waals surface area contributed by atoms with Crippen molar-refractivity contribution in [1.29, 1.82) is 0 Å². The SMILES string of the molecule is CCOC(=O)N[C@@H](CC(C)C)C(=O)C(Cl)Cl. The number of alkyl carbamates (subject to hydrolysis) is 1. The van der Waals surface area contributed by atoms with Crippen LogP contribution in [0.5, 0.6) is 0 Å². The number of alkyl halides is 2. The Hall–Kier alpha value is -0.480. The van der Waals surface area contributed by atoms with Gasteiger partial charge >= 0.3 is 6.09 Å². The number of ketones is 1. The lowest BCUT2D eigenvalue weighted by Crippen LogP contribution is -2.44. The van der Waals surface area contributed by atoms with Crippen molar-refractivity contribution in [3.8, 4) is 0 Å². The Morgan fingerprint density at radius 1 is 1.31 bits per heavy atom. The first-order valence-corrected chi connectivity index (χ1v) is 6.00. The van der Waals surface area contributed by atoms with E-state index in [2.05, 4.69) is 5.32 Å². The van der Waals surface area contributed by atoms with Crippen LogP contribution in [0.4, 0.5) is 4.79 Å². The first-order chi connectivity index (χ1) is 7.38. The molecule has 94 valence electrons. The van der Waals surface area contributed by atoms with Gasteiger partial charge in [0, 0.05) is 0 Å². The molecule has 0 rings (SSSR count). The summed E-state index contributed by atoms with van der Waals surface area (Å²) in [4.78, 5) is 21.6. The zero-order chi connectivity index (χ0) is 12.7. The van der Waals surface area contributed by atoms with Gasteiger partial charge in [-0.3, -0.25) is 4.79 Å². The van der Waals surface area contributed by atoms with Crippen molar-refractivity contribution < 1.29 is 14.3 Å². The van der Waals surface area contributed by atoms with Gasteiger partial charge in [-0.1, -0.05) is 37.0 Å². The Kier molecular flexibility index (Phi) is 7.51. The number of carbonyl (C=O) groups excluding carboxylic acids is 2. The molecule has 0 aliphatic heterocycles. The van der Waals surface area contributed by atoms with Gasteiger partial charge in [-0.25, -0.2) is 4.79 Å². The average molecular weight is 270 g/mol. The molecule has 0 aromatic heterocycles. The van der Waals surface area contributed by atoms with Crippen LogP contribution in [0.15, 0.2) is 0 Å². The maximum atomic E-state index is 11.6. The van der Waals surface area contributed by atoms with E-state index in [0.29, 0.717) is 6.42 Å². The second kappa shape index (κ2) is 7.74. The molecule has 1 atom stereocenters. The molecule has 1 amide bonds. The molecular formula is C10H17Cl2NO3. The van der Waals surface area contributed by atoms with Gasteiger partial charge in [0.1, 0.15) is 0 Å². The Balaban J connectivity index is 4.43. The standard InChI is InChI=1S/C10H17Cl2NO3/c1-4-16-10(15)13-7(5-6(2)3)8(14)9(11)12/h6-7,9H,4-5H2,1-3H3,(H,13,15)/t7-/m0/s1. The molecule has 0 fully saturated rings. The number of rotatable bonds is 6. The van der Waals surface area contributed by atoms with Crippen molar-refractivity contribution in [2.24, 2.45) is 5.92 Å². The Labute approximate surface area is 106 Å². The van der Waals surface area contributed by atoms with Crippen LogP contribution in [-0.2, 0) is 9.53 Å². The highest BCUT2D eigenvalue weighted by molar-refractivity contribution is 6.54. The third-order valence-electron chi connectivity index (χ3n) is 1.83. The Bertz CT molecular complexity index is 244. The summed E-state index contributed by atoms with van der Waals surface area (Å²) in [7, 11) is 0. The van der Waals surface area contributed by atoms with Gasteiger partial charge in [0.25, 0.3) is 0 Å². The van der Waals surface area contributed by atoms with Crippen LogP contribution >= 0.6 is 23.2 Å². The number of hydrogen-bond donors (Lipinski definition) is 1. The summed E-state index contributed by atoms with van der Waals surface area (Å²) < 4.78 is 4.70. The van der Waals surface area contributed by atoms with Crippen LogP contribution in [-0.4, -0.2) is 29.4 Å². The third kappa shape index (κ3) is 6.18. The van der Waals surface area contributed by atoms with E-state index in [9.17, 15) is 9.59 Å². The minimum atomic E-state index is -1.13. The summed E-state index contributed by atoms with van der Waals surface area (Å²) in [5.74, 6) is -0.173. The molecule has 0 aromatic rings. The molecule has 0 radical (unpaired) electrons. The maximum Gasteiger partial charge on any atom is 0.407 e. The van der Waals surface area contributed by atoms with E-state index in [-0.39, 0.29) is 12.5 Å². The molecule has 0 bridgehead atoms. The quantitative estimate of drug-likeness (QED) is 0.754. The minimum Gasteiger partial charge on any atom is -0.450 e. The van der Waals surface area contributed by atoms with Crippen LogP contribution in [0.3, 0.4) is 0 Å². The third-order valence-corrected chi connectivity index (χ3v) is 2.26. The van der Waals surface area contributed by atoms with Crippen molar-refractivity contribution in [3.63, 3.8) is 0 Å². The lowest BCUT2D eigenvalue weighted by atomic mass is 10.0. The number of nitrogens with one attached hydrogen (secondary N) is 1. The number of carbonyl (C=O) groups is 2. The van der Waals surface area contributed by atoms with Gasteiger partial charge in [0.2, 0.25) is 0 Å². The molecule has 0 heterocycles. The minimum absolute atomic E-state index is 0.239. The van der Waals surface area contributed by atoms with E-state index in [1.54, 1.807) is 6.92 Å². The van der Waals surface area contributed by atoms with Gasteiger partial charge in [-0.2, -0.15) is 0 Å². The Morgan fingerprint density at radius 2 is 1.88 bits per heavy atom. The zero-order valence-electron chi connectivity index (χ0n) is 9.63. The summed E-state index contributed by atoms with van der Waals surface area (Å²) >= 11 is 11.0. The summed E-state index contributed by atoms with van der Waals surface area (Å²) in [5, 5.41) is 2.45. The fourth-order valence-electron chi connectivity index (χ4n) is 1.18. The summed E-state index contributed by atoms with van der Waals surface area (Å²) in [6.07, 6.45) is -0.149. The van der Waals surface area contributed by atoms with Crippen molar-refractivity contribution in [2.75, 3.05) is 6.61 Å². The molecule has 0 saturated carbocycles. The summed E-state index contributed by atoms with van der Waals surface area (Å²) in [5.41, 5.74) is 0. The maximum absolute atomic E-state index is 11.6. The molecule has 0 aliphatic rings. The first kappa shape index (κ1) is 15.5. The monoisotopic (exact) mass is 269 g/mol. The van der Waals surface area contributed by atoms with Gasteiger partial charge < -0.3 is 10.1 Å². The molecule has 0 saturated heterocycles. The van der Waals surface area contributed by atoms with Gasteiger partial charge in [-0.05, 0) is 19.3 Å². The molecule has 16 heavy (non-hydrogen) atoms. The Morgan fingerprint density at radius 3 is 2.25 bits per heavy atom. The summed E-state index contributed by atoms with van der Waals surface area (Å²) in [6, 6.07) is -0.695. The number of amides is 1. The topological polar surface area (TPSA) is 55.4 Å². The number of Topliss-reactive ketones (excluding diaryl/α,β-unsaturated/α-hetero) is 1. The molecule has 0 aromatic carbocycles. The lowest BCUT2D eigenvalue weighted by molar-refractivity contribution is -0.119. The van der Waals surface area contributed by atoms with Crippen LogP contribution in [0.1, 0.15) is 27.2 Å². The number of halogens is 2. The van der Waals surface area contributed by atoms with Crippen LogP contribution in [0, 0.1) is 5.92 Å². The molecule has 0 aliphatic carbocycles. The number of ether oxygens (including phenoxy) is 1. The van der Waals surface area contributed by atoms with E-state index in [1.807, 2.05) is 13.8 Å². The summed E-state index contributed by atoms with van der Waals surface area (Å²) in [6.45, 7) is 5.81. The highest BCUT2D eigenvalue weighted by Gasteiger charge is 2.26. The van der Waals surface area contributed by atoms with Gasteiger partial charge in [-0.15, -0.1) is 0 Å². The first-order valence-electron chi connectivity index (χ1n) is 5.13. The van der Waals surface area contributed by atoms with E-state index >= 15 is 0 Å². The molecular weight excluding hydrogens is 253 g/mol. The normalized spacial score (nSPS) is 12.7. The van der Waals surface area contributed by atoms with Gasteiger partial charge in [0.15, 0.2) is 10.6 Å². The van der Waals surface area contributed by atoms with E-state index < -0.39 is 22.8 Å². The second-order valence-electron chi connectivity index (χ2n) is 3.75. The highest BCUT2D eigenvalue weighted by Crippen LogP contribution is 2.13. The molecule has 0 unspecified atom stereocenters. The fraction of sp³-hybridized carbons (Fsp3) is 0.800. The molecule has 4 nitrogen and oxygen atoms in total. The predicted molar refractivity (Wildman–Crippen MR) is 63.9 cm³/mol. The molecule has 0 spiro atoms. The van der Waals surface area contributed by atoms with Gasteiger partial charge in [0.05, 0.1) is 12.6 Å². The molecule has 1 N–H and O–H groups in total. The lowest BCUT2D eigenvalue weighted by Gasteiger charge is -2.19. The van der Waals surface area contributed by atoms with E-state index in [4.69, 9.17) is 27.9 Å². The highest BCUT2D eigenvalue weighted by atomic mass is 35.5. The second-order valence-corrected chi connectivity index (χ2v) is 4.85. The van der Waals surface area contributed by atoms with E-state index in [1.165, 1.54) is 0 Å². The number of hydrogen-bond acceptors (Lipinski definition) is 3. The largest absolute Gasteiger partial charge is 0.450 e. The van der Waals surface area contributed by atoms with Crippen LogP contribution in [0.2, 0.25) is 0 Å². The van der Waals surface area contributed by atoms with E-state index in [0.717, 1.165) is 0 Å². The predicted octanol–water partition coefficient (Wildman–Crippen LogP) is 2.52. The van der Waals surface area contributed by atoms with Crippen molar-refractivity contribution >= 4 is 35.1 Å². The fourth-order valence-corrected chi connectivity index (χ4v) is 1.49. The van der Waals surface area contributed by atoms with Crippen molar-refractivity contribution in [3.05, 3.63) is 0 Å². The van der Waals surface area contributed by atoms with Crippen molar-refractivity contribution in [2.45, 2.75) is 38.1 Å². The van der Waals surface area contributed by atoms with Crippen LogP contribution in [0.25, 0.3) is 0 Å². The van der Waals surface area contributed by atoms with Crippen LogP contribution < -0.4 is 5.32 Å². The molecule has 6 heteroatoms. The smallest absolute Gasteiger partial charge is 0.407 e.